The summed E-state index contributed by atoms with van der Waals surface area (Å²) in [7, 11) is 0. The fourth-order valence-electron chi connectivity index (χ4n) is 2.35. The normalized spacial score (nSPS) is 11.3. The van der Waals surface area contributed by atoms with Crippen LogP contribution in [0, 0.1) is 12.8 Å². The summed E-state index contributed by atoms with van der Waals surface area (Å²) >= 11 is 0. The highest BCUT2D eigenvalue weighted by Crippen LogP contribution is 2.11. The molecule has 0 aromatic heterocycles. The van der Waals surface area contributed by atoms with E-state index in [9.17, 15) is 9.59 Å². The molecule has 2 aromatic rings. The van der Waals surface area contributed by atoms with Gasteiger partial charge in [-0.15, -0.1) is 0 Å². The molecule has 0 fully saturated rings. The number of carbonyl (C=O) groups excluding carboxylic acids is 2. The SMILES string of the molecule is C/C(=N\NC(=O)c1ccc(NC(=O)CC(C)C)cc1)c1ccc(C)cc1. The Kier molecular flexibility index (Phi) is 6.67. The zero-order valence-corrected chi connectivity index (χ0v) is 15.7. The van der Waals surface area contributed by atoms with Crippen LogP contribution >= 0.6 is 0 Å². The molecule has 0 atom stereocenters. The third-order valence-electron chi connectivity index (χ3n) is 3.82. The standard InChI is InChI=1S/C21H25N3O2/c1-14(2)13-20(25)22-19-11-9-18(10-12-19)21(26)24-23-16(4)17-7-5-15(3)6-8-17/h5-12,14H,13H2,1-4H3,(H,22,25)(H,24,26)/b23-16+. The van der Waals surface area contributed by atoms with Gasteiger partial charge in [0, 0.05) is 17.7 Å². The van der Waals surface area contributed by atoms with Crippen molar-refractivity contribution in [1.29, 1.82) is 0 Å². The number of hydrogen-bond acceptors (Lipinski definition) is 3. The number of aryl methyl sites for hydroxylation is 1. The zero-order chi connectivity index (χ0) is 19.1. The summed E-state index contributed by atoms with van der Waals surface area (Å²) in [5.74, 6) is -0.0262. The quantitative estimate of drug-likeness (QED) is 0.607. The van der Waals surface area contributed by atoms with Crippen molar-refractivity contribution in [2.45, 2.75) is 34.1 Å². The van der Waals surface area contributed by atoms with E-state index in [4.69, 9.17) is 0 Å². The molecule has 0 spiro atoms. The lowest BCUT2D eigenvalue weighted by molar-refractivity contribution is -0.116. The molecule has 0 heterocycles. The van der Waals surface area contributed by atoms with Crippen molar-refractivity contribution in [2.75, 3.05) is 5.32 Å². The summed E-state index contributed by atoms with van der Waals surface area (Å²) in [5, 5.41) is 6.97. The van der Waals surface area contributed by atoms with Gasteiger partial charge in [0.2, 0.25) is 5.91 Å². The Balaban J connectivity index is 1.96. The molecule has 0 aliphatic rings. The van der Waals surface area contributed by atoms with Gasteiger partial charge in [0.1, 0.15) is 0 Å². The lowest BCUT2D eigenvalue weighted by Crippen LogP contribution is -2.19. The van der Waals surface area contributed by atoms with Crippen molar-refractivity contribution >= 4 is 23.2 Å². The second kappa shape index (κ2) is 8.94. The molecule has 26 heavy (non-hydrogen) atoms. The largest absolute Gasteiger partial charge is 0.326 e. The van der Waals surface area contributed by atoms with E-state index in [1.54, 1.807) is 24.3 Å². The minimum Gasteiger partial charge on any atom is -0.326 e. The smallest absolute Gasteiger partial charge is 0.271 e. The fourth-order valence-corrected chi connectivity index (χ4v) is 2.35. The Hall–Kier alpha value is -2.95. The van der Waals surface area contributed by atoms with E-state index < -0.39 is 0 Å². The molecule has 0 saturated carbocycles. The van der Waals surface area contributed by atoms with Crippen molar-refractivity contribution in [2.24, 2.45) is 11.0 Å². The number of hydrogen-bond donors (Lipinski definition) is 2. The molecule has 5 nitrogen and oxygen atoms in total. The first-order valence-electron chi connectivity index (χ1n) is 8.66. The molecule has 2 amide bonds. The molecule has 0 saturated heterocycles. The maximum Gasteiger partial charge on any atom is 0.271 e. The van der Waals surface area contributed by atoms with E-state index in [2.05, 4.69) is 15.8 Å². The van der Waals surface area contributed by atoms with E-state index in [0.717, 1.165) is 11.3 Å². The van der Waals surface area contributed by atoms with Crippen molar-refractivity contribution in [3.63, 3.8) is 0 Å². The highest BCUT2D eigenvalue weighted by molar-refractivity contribution is 6.01. The molecule has 0 unspecified atom stereocenters. The van der Waals surface area contributed by atoms with Crippen molar-refractivity contribution < 1.29 is 9.59 Å². The highest BCUT2D eigenvalue weighted by Gasteiger charge is 2.08. The molecular formula is C21H25N3O2. The number of anilines is 1. The van der Waals surface area contributed by atoms with Crippen LogP contribution in [-0.2, 0) is 4.79 Å². The Morgan fingerprint density at radius 2 is 1.54 bits per heavy atom. The van der Waals surface area contributed by atoms with Gasteiger partial charge < -0.3 is 5.32 Å². The van der Waals surface area contributed by atoms with Gasteiger partial charge in [0.05, 0.1) is 5.71 Å². The second-order valence-electron chi connectivity index (χ2n) is 6.73. The van der Waals surface area contributed by atoms with Gasteiger partial charge in [-0.25, -0.2) is 5.43 Å². The van der Waals surface area contributed by atoms with Crippen molar-refractivity contribution in [3.05, 3.63) is 65.2 Å². The van der Waals surface area contributed by atoms with Crippen LogP contribution in [0.25, 0.3) is 0 Å². The van der Waals surface area contributed by atoms with E-state index in [1.165, 1.54) is 5.56 Å². The lowest BCUT2D eigenvalue weighted by atomic mass is 10.1. The number of benzene rings is 2. The van der Waals surface area contributed by atoms with Gasteiger partial charge in [-0.05, 0) is 49.6 Å². The van der Waals surface area contributed by atoms with E-state index in [0.29, 0.717) is 23.6 Å². The first-order chi connectivity index (χ1) is 12.3. The lowest BCUT2D eigenvalue weighted by Gasteiger charge is -2.08. The van der Waals surface area contributed by atoms with E-state index >= 15 is 0 Å². The highest BCUT2D eigenvalue weighted by atomic mass is 16.2. The molecule has 0 aliphatic heterocycles. The van der Waals surface area contributed by atoms with Crippen LogP contribution in [0.5, 0.6) is 0 Å². The molecule has 0 aliphatic carbocycles. The van der Waals surface area contributed by atoms with Crippen LogP contribution in [0.2, 0.25) is 0 Å². The van der Waals surface area contributed by atoms with Crippen LogP contribution < -0.4 is 10.7 Å². The molecule has 5 heteroatoms. The molecule has 136 valence electrons. The van der Waals surface area contributed by atoms with Crippen LogP contribution in [-0.4, -0.2) is 17.5 Å². The second-order valence-corrected chi connectivity index (χ2v) is 6.73. The molecular weight excluding hydrogens is 326 g/mol. The van der Waals surface area contributed by atoms with Gasteiger partial charge in [-0.2, -0.15) is 5.10 Å². The number of rotatable bonds is 6. The summed E-state index contributed by atoms with van der Waals surface area (Å²) in [6, 6.07) is 14.7. The van der Waals surface area contributed by atoms with Crippen LogP contribution in [0.1, 0.15) is 48.7 Å². The fraction of sp³-hybridized carbons (Fsp3) is 0.286. The summed E-state index contributed by atoms with van der Waals surface area (Å²) < 4.78 is 0. The maximum atomic E-state index is 12.2. The predicted octanol–water partition coefficient (Wildman–Crippen LogP) is 4.13. The van der Waals surface area contributed by atoms with Crippen molar-refractivity contribution in [1.82, 2.24) is 5.43 Å². The third kappa shape index (κ3) is 5.84. The third-order valence-corrected chi connectivity index (χ3v) is 3.82. The van der Waals surface area contributed by atoms with E-state index in [-0.39, 0.29) is 11.8 Å². The molecule has 0 bridgehead atoms. The summed E-state index contributed by atoms with van der Waals surface area (Å²) in [4.78, 5) is 24.0. The topological polar surface area (TPSA) is 70.6 Å². The molecule has 2 aromatic carbocycles. The predicted molar refractivity (Wildman–Crippen MR) is 105 cm³/mol. The van der Waals surface area contributed by atoms with Gasteiger partial charge in [0.25, 0.3) is 5.91 Å². The van der Waals surface area contributed by atoms with Crippen molar-refractivity contribution in [3.8, 4) is 0 Å². The van der Waals surface area contributed by atoms with Gasteiger partial charge in [0.15, 0.2) is 0 Å². The minimum absolute atomic E-state index is 0.0319. The Morgan fingerprint density at radius 1 is 0.962 bits per heavy atom. The van der Waals surface area contributed by atoms with Crippen LogP contribution in [0.15, 0.2) is 53.6 Å². The summed E-state index contributed by atoms with van der Waals surface area (Å²) in [6.07, 6.45) is 0.467. The Bertz CT molecular complexity index is 791. The zero-order valence-electron chi connectivity index (χ0n) is 15.7. The number of nitrogens with one attached hydrogen (secondary N) is 2. The monoisotopic (exact) mass is 351 g/mol. The maximum absolute atomic E-state index is 12.2. The first-order valence-corrected chi connectivity index (χ1v) is 8.66. The number of hydrazone groups is 1. The van der Waals surface area contributed by atoms with Crippen LogP contribution in [0.4, 0.5) is 5.69 Å². The average Bonchev–Trinajstić information content (AvgIpc) is 2.60. The van der Waals surface area contributed by atoms with E-state index in [1.807, 2.05) is 52.0 Å². The average molecular weight is 351 g/mol. The Morgan fingerprint density at radius 3 is 2.12 bits per heavy atom. The summed E-state index contributed by atoms with van der Waals surface area (Å²) in [6.45, 7) is 7.85. The Labute approximate surface area is 154 Å². The van der Waals surface area contributed by atoms with Gasteiger partial charge in [-0.1, -0.05) is 43.7 Å². The number of amides is 2. The van der Waals surface area contributed by atoms with Gasteiger partial charge in [-0.3, -0.25) is 9.59 Å². The van der Waals surface area contributed by atoms with Gasteiger partial charge >= 0.3 is 0 Å². The minimum atomic E-state index is -0.295. The first kappa shape index (κ1) is 19.4. The molecule has 2 rings (SSSR count). The summed E-state index contributed by atoms with van der Waals surface area (Å²) in [5.41, 5.74) is 6.57. The van der Waals surface area contributed by atoms with Crippen LogP contribution in [0.3, 0.4) is 0 Å². The number of carbonyl (C=O) groups is 2. The number of nitrogens with zero attached hydrogens (tertiary/aromatic N) is 1. The molecule has 2 N–H and O–H groups in total. The molecule has 0 radical (unpaired) electrons.